The summed E-state index contributed by atoms with van der Waals surface area (Å²) in [6, 6.07) is 0. The van der Waals surface area contributed by atoms with Gasteiger partial charge < -0.3 is 53.2 Å². The molecule has 0 unspecified atom stereocenters. The van der Waals surface area contributed by atoms with E-state index in [0.717, 1.165) is 0 Å². The highest BCUT2D eigenvalue weighted by Gasteiger charge is 2.27. The van der Waals surface area contributed by atoms with Crippen molar-refractivity contribution in [1.29, 1.82) is 0 Å². The predicted molar refractivity (Wildman–Crippen MR) is 209 cm³/mol. The maximum Gasteiger partial charge on any atom is 0.332 e. The molecule has 0 bridgehead atoms. The van der Waals surface area contributed by atoms with Crippen LogP contribution < -0.4 is 0 Å². The molecule has 0 aliphatic carbocycles. The van der Waals surface area contributed by atoms with E-state index in [4.69, 9.17) is 38.6 Å². The Balaban J connectivity index is -0.000000922. The van der Waals surface area contributed by atoms with E-state index in [1.165, 1.54) is 0 Å². The van der Waals surface area contributed by atoms with Gasteiger partial charge in [0.15, 0.2) is 0 Å². The van der Waals surface area contributed by atoms with E-state index in [2.05, 4.69) is 48.9 Å². The number of aliphatic carboxylic acids is 2. The van der Waals surface area contributed by atoms with Crippen LogP contribution in [0.15, 0.2) is 75.9 Å². The van der Waals surface area contributed by atoms with E-state index in [-0.39, 0.29) is 79.3 Å². The molecule has 0 spiro atoms. The van der Waals surface area contributed by atoms with Crippen molar-refractivity contribution in [2.75, 3.05) is 79.3 Å². The highest BCUT2D eigenvalue weighted by Crippen LogP contribution is 2.22. The van der Waals surface area contributed by atoms with Gasteiger partial charge in [-0.15, -0.1) is 39.5 Å². The molecule has 316 valence electrons. The van der Waals surface area contributed by atoms with Crippen molar-refractivity contribution in [3.05, 3.63) is 75.9 Å². The summed E-state index contributed by atoms with van der Waals surface area (Å²) < 4.78 is 41.1. The quantitative estimate of drug-likeness (QED) is 0.0444. The molecule has 0 aromatic rings. The monoisotopic (exact) mass is 786 g/mol. The van der Waals surface area contributed by atoms with Crippen LogP contribution in [0.5, 0.6) is 0 Å². The van der Waals surface area contributed by atoms with Crippen LogP contribution in [-0.2, 0) is 57.1 Å². The zero-order chi connectivity index (χ0) is 42.4. The SMILES string of the molecule is C=CCC(C)(CC=C)OC(=O)COCCOCCOCC(=O)OC(C)(CC=C)CC=C.C=CCC(C)(O)CC=C.O=C(O)COCCOCCOCC(=O)O. The number of carbonyl (C=O) groups excluding carboxylic acids is 2. The van der Waals surface area contributed by atoms with Gasteiger partial charge in [-0.25, -0.2) is 19.2 Å². The lowest BCUT2D eigenvalue weighted by atomic mass is 9.98. The average Bonchev–Trinajstić information content (AvgIpc) is 3.07. The number of carboxylic acids is 2. The average molecular weight is 787 g/mol. The molecule has 0 saturated heterocycles. The molecule has 0 radical (unpaired) electrons. The molecule has 0 aromatic heterocycles. The van der Waals surface area contributed by atoms with Crippen molar-refractivity contribution in [2.45, 2.75) is 76.1 Å². The summed E-state index contributed by atoms with van der Waals surface area (Å²) in [5.74, 6) is -2.96. The first-order chi connectivity index (χ1) is 26.0. The predicted octanol–water partition coefficient (Wildman–Crippen LogP) is 5.04. The second kappa shape index (κ2) is 35.7. The molecule has 3 N–H and O–H groups in total. The van der Waals surface area contributed by atoms with Gasteiger partial charge in [-0.3, -0.25) is 0 Å². The van der Waals surface area contributed by atoms with Crippen molar-refractivity contribution < 1.29 is 72.4 Å². The normalized spacial score (nSPS) is 11.0. The molecule has 0 amide bonds. The van der Waals surface area contributed by atoms with Gasteiger partial charge in [0.1, 0.15) is 37.6 Å². The van der Waals surface area contributed by atoms with Gasteiger partial charge in [-0.1, -0.05) is 36.5 Å². The third-order valence-electron chi connectivity index (χ3n) is 6.57. The first-order valence-corrected chi connectivity index (χ1v) is 17.7. The molecule has 0 saturated carbocycles. The second-order valence-electron chi connectivity index (χ2n) is 12.5. The molecule has 0 atom stereocenters. The van der Waals surface area contributed by atoms with Crippen LogP contribution in [0.2, 0.25) is 0 Å². The van der Waals surface area contributed by atoms with Crippen molar-refractivity contribution in [1.82, 2.24) is 0 Å². The number of hydrogen-bond acceptors (Lipinski definition) is 13. The Labute approximate surface area is 327 Å². The van der Waals surface area contributed by atoms with Gasteiger partial charge in [0.05, 0.1) is 58.5 Å². The van der Waals surface area contributed by atoms with Crippen LogP contribution in [0.4, 0.5) is 0 Å². The van der Waals surface area contributed by atoms with Gasteiger partial charge in [0.2, 0.25) is 0 Å². The smallest absolute Gasteiger partial charge is 0.332 e. The molecule has 15 nitrogen and oxygen atoms in total. The lowest BCUT2D eigenvalue weighted by Gasteiger charge is -2.27. The number of carbonyl (C=O) groups is 4. The minimum Gasteiger partial charge on any atom is -0.480 e. The van der Waals surface area contributed by atoms with Crippen LogP contribution in [0.1, 0.15) is 59.3 Å². The van der Waals surface area contributed by atoms with E-state index in [1.54, 1.807) is 43.4 Å². The van der Waals surface area contributed by atoms with Gasteiger partial charge in [0.25, 0.3) is 0 Å². The Hall–Kier alpha value is -3.96. The summed E-state index contributed by atoms with van der Waals surface area (Å²) >= 11 is 0. The molecule has 0 aromatic carbocycles. The van der Waals surface area contributed by atoms with Crippen LogP contribution in [-0.4, -0.2) is 135 Å². The maximum absolute atomic E-state index is 11.9. The van der Waals surface area contributed by atoms with E-state index < -0.39 is 40.7 Å². The summed E-state index contributed by atoms with van der Waals surface area (Å²) in [4.78, 5) is 43.8. The van der Waals surface area contributed by atoms with Gasteiger partial charge in [-0.2, -0.15) is 0 Å². The number of hydrogen-bond donors (Lipinski definition) is 3. The van der Waals surface area contributed by atoms with Gasteiger partial charge in [0, 0.05) is 25.7 Å². The molecule has 0 aliphatic heterocycles. The molecular weight excluding hydrogens is 720 g/mol. The minimum absolute atomic E-state index is 0.163. The fourth-order valence-electron chi connectivity index (χ4n) is 4.17. The molecule has 0 heterocycles. The largest absolute Gasteiger partial charge is 0.480 e. The van der Waals surface area contributed by atoms with Crippen molar-refractivity contribution >= 4 is 23.9 Å². The lowest BCUT2D eigenvalue weighted by Crippen LogP contribution is -2.32. The molecule has 0 rings (SSSR count). The summed E-state index contributed by atoms with van der Waals surface area (Å²) in [6.07, 6.45) is 13.6. The summed E-state index contributed by atoms with van der Waals surface area (Å²) in [7, 11) is 0. The van der Waals surface area contributed by atoms with Gasteiger partial charge >= 0.3 is 23.9 Å². The standard InChI is InChI=1S/C24H38O7.C8H14O7.C8H14O/c1-7-11-23(5,12-8-2)30-21(25)19-28-17-15-27-16-18-29-20-22(26)31-24(6,13-9-3)14-10-4;9-7(10)5-14-3-1-13-2-4-15-6-8(11)12;1-4-6-8(3,9)7-5-2/h7-10H,1-4,11-20H2,5-6H3;1-6H2,(H,9,10)(H,11,12);4-5,9H,1-2,6-7H2,3H3. The first-order valence-electron chi connectivity index (χ1n) is 17.7. The molecule has 55 heavy (non-hydrogen) atoms. The van der Waals surface area contributed by atoms with Crippen LogP contribution in [0.3, 0.4) is 0 Å². The van der Waals surface area contributed by atoms with Gasteiger partial charge in [-0.05, 0) is 33.6 Å². The van der Waals surface area contributed by atoms with Crippen LogP contribution in [0.25, 0.3) is 0 Å². The number of esters is 2. The zero-order valence-electron chi connectivity index (χ0n) is 33.2. The lowest BCUT2D eigenvalue weighted by molar-refractivity contribution is -0.163. The Bertz CT molecular complexity index is 1010. The fourth-order valence-corrected chi connectivity index (χ4v) is 4.17. The summed E-state index contributed by atoms with van der Waals surface area (Å²) in [6.45, 7) is 28.1. The highest BCUT2D eigenvalue weighted by molar-refractivity contribution is 5.71. The van der Waals surface area contributed by atoms with Crippen molar-refractivity contribution in [3.63, 3.8) is 0 Å². The third-order valence-corrected chi connectivity index (χ3v) is 6.57. The Kier molecular flexibility index (Phi) is 36.0. The Morgan fingerprint density at radius 2 is 0.673 bits per heavy atom. The molecular formula is C40H66O15. The molecule has 15 heteroatoms. The van der Waals surface area contributed by atoms with E-state index >= 15 is 0 Å². The van der Waals surface area contributed by atoms with E-state index in [1.807, 2.05) is 13.8 Å². The minimum atomic E-state index is -1.03. The third kappa shape index (κ3) is 39.5. The number of carboxylic acid groups (broad SMARTS) is 2. The Morgan fingerprint density at radius 3 is 0.909 bits per heavy atom. The zero-order valence-corrected chi connectivity index (χ0v) is 33.2. The van der Waals surface area contributed by atoms with E-state index in [9.17, 15) is 24.3 Å². The summed E-state index contributed by atoms with van der Waals surface area (Å²) in [5, 5.41) is 25.8. The van der Waals surface area contributed by atoms with E-state index in [0.29, 0.717) is 38.5 Å². The number of aliphatic hydroxyl groups is 1. The highest BCUT2D eigenvalue weighted by atomic mass is 16.6. The number of ether oxygens (including phenoxy) is 8. The molecule has 0 aliphatic rings. The van der Waals surface area contributed by atoms with Crippen LogP contribution in [0, 0.1) is 0 Å². The van der Waals surface area contributed by atoms with Crippen molar-refractivity contribution in [2.24, 2.45) is 0 Å². The second-order valence-corrected chi connectivity index (χ2v) is 12.5. The topological polar surface area (TPSA) is 203 Å². The summed E-state index contributed by atoms with van der Waals surface area (Å²) in [5.41, 5.74) is -1.95. The first kappa shape index (κ1) is 55.4. The van der Waals surface area contributed by atoms with Crippen LogP contribution >= 0.6 is 0 Å². The van der Waals surface area contributed by atoms with Crippen molar-refractivity contribution in [3.8, 4) is 0 Å². The Morgan fingerprint density at radius 1 is 0.436 bits per heavy atom. The maximum atomic E-state index is 11.9. The number of rotatable bonds is 34. The fraction of sp³-hybridized carbons (Fsp3) is 0.600. The molecule has 0 fully saturated rings.